The number of rotatable bonds is 5. The summed E-state index contributed by atoms with van der Waals surface area (Å²) in [5.74, 6) is 0. The van der Waals surface area contributed by atoms with Gasteiger partial charge in [-0.3, -0.25) is 0 Å². The van der Waals surface area contributed by atoms with E-state index in [1.54, 1.807) is 6.07 Å². The molecule has 0 amide bonds. The predicted octanol–water partition coefficient (Wildman–Crippen LogP) is -0.174. The molecule has 1 saturated heterocycles. The van der Waals surface area contributed by atoms with Crippen molar-refractivity contribution >= 4 is 31.6 Å². The van der Waals surface area contributed by atoms with Gasteiger partial charge in [-0.1, -0.05) is 0 Å². The van der Waals surface area contributed by atoms with Gasteiger partial charge in [-0.05, 0) is 25.0 Å². The van der Waals surface area contributed by atoms with Crippen LogP contribution in [0.15, 0.2) is 16.3 Å². The number of nitrogens with zero attached hydrogens (tertiary/aromatic N) is 1. The van der Waals surface area contributed by atoms with Crippen molar-refractivity contribution in [3.63, 3.8) is 0 Å². The summed E-state index contributed by atoms with van der Waals surface area (Å²) in [6.07, 6.45) is 1.74. The highest BCUT2D eigenvalue weighted by Gasteiger charge is 2.24. The topological polar surface area (TPSA) is 110 Å². The highest BCUT2D eigenvalue weighted by Crippen LogP contribution is 2.20. The van der Waals surface area contributed by atoms with Crippen LogP contribution >= 0.6 is 11.3 Å². The first-order valence-corrected chi connectivity index (χ1v) is 9.45. The van der Waals surface area contributed by atoms with E-state index in [-0.39, 0.29) is 10.8 Å². The van der Waals surface area contributed by atoms with Crippen molar-refractivity contribution in [3.05, 3.63) is 17.0 Å². The van der Waals surface area contributed by atoms with Gasteiger partial charge in [0.1, 0.15) is 4.21 Å². The molecule has 1 aromatic heterocycles. The highest BCUT2D eigenvalue weighted by atomic mass is 32.2. The third kappa shape index (κ3) is 3.74. The molecular weight excluding hydrogens is 310 g/mol. The van der Waals surface area contributed by atoms with Gasteiger partial charge < -0.3 is 0 Å². The molecular formula is C9H15N3O4S3. The summed E-state index contributed by atoms with van der Waals surface area (Å²) in [7, 11) is -7.20. The number of hydrogen-bond acceptors (Lipinski definition) is 5. The summed E-state index contributed by atoms with van der Waals surface area (Å²) in [4.78, 5) is 0.604. The van der Waals surface area contributed by atoms with Crippen LogP contribution in [0.25, 0.3) is 0 Å². The molecule has 10 heteroatoms. The van der Waals surface area contributed by atoms with Crippen LogP contribution in [0.5, 0.6) is 0 Å². The Morgan fingerprint density at radius 1 is 1.21 bits per heavy atom. The molecule has 1 aliphatic rings. The van der Waals surface area contributed by atoms with E-state index in [1.165, 1.54) is 10.4 Å². The Morgan fingerprint density at radius 3 is 2.37 bits per heavy atom. The normalized spacial score (nSPS) is 17.9. The molecule has 19 heavy (non-hydrogen) atoms. The summed E-state index contributed by atoms with van der Waals surface area (Å²) < 4.78 is 49.8. The Hall–Kier alpha value is -0.520. The standard InChI is InChI=1S/C9H15N3O4S3/c10-18(13,14)9-4-3-8(17-9)7-11-19(15,16)12-5-1-2-6-12/h3-4,11H,1-2,5-7H2,(H2,10,13,14). The maximum atomic E-state index is 11.9. The molecule has 108 valence electrons. The van der Waals surface area contributed by atoms with Crippen LogP contribution < -0.4 is 9.86 Å². The number of thiophene rings is 1. The first-order chi connectivity index (χ1) is 8.79. The summed E-state index contributed by atoms with van der Waals surface area (Å²) in [5.41, 5.74) is 0. The number of sulfonamides is 1. The molecule has 0 radical (unpaired) electrons. The van der Waals surface area contributed by atoms with Crippen molar-refractivity contribution < 1.29 is 16.8 Å². The first kappa shape index (κ1) is 14.9. The average molecular weight is 325 g/mol. The average Bonchev–Trinajstić information content (AvgIpc) is 2.97. The van der Waals surface area contributed by atoms with Crippen LogP contribution in [0.4, 0.5) is 0 Å². The molecule has 0 unspecified atom stereocenters. The minimum atomic E-state index is -3.72. The molecule has 0 spiro atoms. The summed E-state index contributed by atoms with van der Waals surface area (Å²) >= 11 is 0.965. The van der Waals surface area contributed by atoms with Crippen LogP contribution in [0.1, 0.15) is 17.7 Å². The van der Waals surface area contributed by atoms with Crippen molar-refractivity contribution in [1.29, 1.82) is 0 Å². The minimum Gasteiger partial charge on any atom is -0.224 e. The monoisotopic (exact) mass is 325 g/mol. The lowest BCUT2D eigenvalue weighted by Gasteiger charge is -2.15. The largest absolute Gasteiger partial charge is 0.279 e. The molecule has 7 nitrogen and oxygen atoms in total. The van der Waals surface area contributed by atoms with E-state index in [0.29, 0.717) is 18.0 Å². The van der Waals surface area contributed by atoms with E-state index >= 15 is 0 Å². The maximum absolute atomic E-state index is 11.9. The van der Waals surface area contributed by atoms with Crippen LogP contribution in [-0.2, 0) is 26.8 Å². The molecule has 1 aromatic rings. The lowest BCUT2D eigenvalue weighted by atomic mass is 10.4. The molecule has 1 fully saturated rings. The van der Waals surface area contributed by atoms with Gasteiger partial charge in [-0.2, -0.15) is 17.4 Å². The van der Waals surface area contributed by atoms with E-state index < -0.39 is 20.2 Å². The van der Waals surface area contributed by atoms with Crippen molar-refractivity contribution in [1.82, 2.24) is 9.03 Å². The fourth-order valence-electron chi connectivity index (χ4n) is 1.79. The van der Waals surface area contributed by atoms with Gasteiger partial charge in [-0.15, -0.1) is 11.3 Å². The molecule has 2 heterocycles. The lowest BCUT2D eigenvalue weighted by molar-refractivity contribution is 0.465. The summed E-state index contributed by atoms with van der Waals surface area (Å²) in [5, 5.41) is 4.99. The predicted molar refractivity (Wildman–Crippen MR) is 72.3 cm³/mol. The van der Waals surface area contributed by atoms with Crippen LogP contribution in [0.2, 0.25) is 0 Å². The summed E-state index contributed by atoms with van der Waals surface area (Å²) in [6.45, 7) is 1.13. The van der Waals surface area contributed by atoms with E-state index in [4.69, 9.17) is 5.14 Å². The molecule has 0 atom stereocenters. The van der Waals surface area contributed by atoms with Crippen molar-refractivity contribution in [2.24, 2.45) is 5.14 Å². The number of primary sulfonamides is 1. The Morgan fingerprint density at radius 2 is 1.84 bits per heavy atom. The maximum Gasteiger partial charge on any atom is 0.279 e. The van der Waals surface area contributed by atoms with Gasteiger partial charge in [0.05, 0.1) is 0 Å². The second kappa shape index (κ2) is 5.46. The SMILES string of the molecule is NS(=O)(=O)c1ccc(CNS(=O)(=O)N2CCCC2)s1. The van der Waals surface area contributed by atoms with Crippen LogP contribution in [-0.4, -0.2) is 34.2 Å². The quantitative estimate of drug-likeness (QED) is 0.783. The second-order valence-electron chi connectivity index (χ2n) is 4.20. The zero-order chi connectivity index (χ0) is 14.1. The Labute approximate surface area is 116 Å². The van der Waals surface area contributed by atoms with Gasteiger partial charge in [0.15, 0.2) is 0 Å². The highest BCUT2D eigenvalue weighted by molar-refractivity contribution is 7.91. The van der Waals surface area contributed by atoms with Gasteiger partial charge in [-0.25, -0.2) is 13.6 Å². The number of nitrogens with one attached hydrogen (secondary N) is 1. The number of nitrogens with two attached hydrogens (primary N) is 1. The van der Waals surface area contributed by atoms with E-state index in [0.717, 1.165) is 24.2 Å². The zero-order valence-corrected chi connectivity index (χ0v) is 12.5. The second-order valence-corrected chi connectivity index (χ2v) is 8.91. The fraction of sp³-hybridized carbons (Fsp3) is 0.556. The fourth-order valence-corrected chi connectivity index (χ4v) is 4.86. The molecule has 2 rings (SSSR count). The molecule has 0 bridgehead atoms. The third-order valence-electron chi connectivity index (χ3n) is 2.75. The summed E-state index contributed by atoms with van der Waals surface area (Å²) in [6, 6.07) is 2.93. The van der Waals surface area contributed by atoms with Gasteiger partial charge >= 0.3 is 0 Å². The van der Waals surface area contributed by atoms with E-state index in [2.05, 4.69) is 4.72 Å². The molecule has 0 aliphatic carbocycles. The van der Waals surface area contributed by atoms with Crippen LogP contribution in [0, 0.1) is 0 Å². The van der Waals surface area contributed by atoms with Gasteiger partial charge in [0.2, 0.25) is 10.0 Å². The van der Waals surface area contributed by atoms with Crippen molar-refractivity contribution in [2.45, 2.75) is 23.6 Å². The molecule has 0 aromatic carbocycles. The van der Waals surface area contributed by atoms with E-state index in [1.807, 2.05) is 0 Å². The first-order valence-electron chi connectivity index (χ1n) is 5.65. The molecule has 1 aliphatic heterocycles. The Bertz CT molecular complexity index is 644. The number of hydrogen-bond donors (Lipinski definition) is 2. The van der Waals surface area contributed by atoms with Gasteiger partial charge in [0, 0.05) is 24.5 Å². The third-order valence-corrected chi connectivity index (χ3v) is 6.83. The smallest absolute Gasteiger partial charge is 0.224 e. The van der Waals surface area contributed by atoms with Gasteiger partial charge in [0.25, 0.3) is 10.2 Å². The Kier molecular flexibility index (Phi) is 4.28. The van der Waals surface area contributed by atoms with Crippen LogP contribution in [0.3, 0.4) is 0 Å². The lowest BCUT2D eigenvalue weighted by Crippen LogP contribution is -2.38. The molecule has 0 saturated carbocycles. The van der Waals surface area contributed by atoms with Crippen molar-refractivity contribution in [3.8, 4) is 0 Å². The zero-order valence-electron chi connectivity index (χ0n) is 10.1. The Balaban J connectivity index is 2.01. The molecule has 3 N–H and O–H groups in total. The van der Waals surface area contributed by atoms with E-state index in [9.17, 15) is 16.8 Å². The van der Waals surface area contributed by atoms with Crippen molar-refractivity contribution in [2.75, 3.05) is 13.1 Å². The minimum absolute atomic E-state index is 0.0304.